The second-order valence-corrected chi connectivity index (χ2v) is 6.54. The maximum atomic E-state index is 12.3. The van der Waals surface area contributed by atoms with Crippen LogP contribution in [0, 0.1) is 0 Å². The molecule has 8 heteroatoms. The third-order valence-corrected chi connectivity index (χ3v) is 3.75. The molecule has 0 saturated heterocycles. The minimum atomic E-state index is -0.578. The summed E-state index contributed by atoms with van der Waals surface area (Å²) in [5, 5.41) is 2.74. The highest BCUT2D eigenvalue weighted by Gasteiger charge is 2.33. The van der Waals surface area contributed by atoms with Crippen LogP contribution >= 0.6 is 0 Å². The lowest BCUT2D eigenvalue weighted by Crippen LogP contribution is -2.43. The summed E-state index contributed by atoms with van der Waals surface area (Å²) in [5.41, 5.74) is 0.193. The summed E-state index contributed by atoms with van der Waals surface area (Å²) in [6.45, 7) is 7.31. The van der Waals surface area contributed by atoms with E-state index in [9.17, 15) is 14.4 Å². The zero-order valence-corrected chi connectivity index (χ0v) is 13.0. The van der Waals surface area contributed by atoms with Gasteiger partial charge in [-0.25, -0.2) is 9.59 Å². The third-order valence-electron chi connectivity index (χ3n) is 3.75. The lowest BCUT2D eigenvalue weighted by molar-refractivity contribution is 0.0196. The van der Waals surface area contributed by atoms with Crippen LogP contribution in [-0.4, -0.2) is 44.7 Å². The molecule has 0 radical (unpaired) electrons. The average molecular weight is 308 g/mol. The maximum Gasteiger partial charge on any atom is 0.410 e. The molecule has 0 saturated carbocycles. The van der Waals surface area contributed by atoms with Crippen molar-refractivity contribution in [2.75, 3.05) is 13.1 Å². The van der Waals surface area contributed by atoms with Crippen molar-refractivity contribution in [3.05, 3.63) is 21.9 Å². The van der Waals surface area contributed by atoms with Crippen LogP contribution < -0.4 is 11.0 Å². The standard InChI is InChI=1S/C14H20N4O4/c1-14(2,3)22-13(21)16-6-7-17-9(8-16)10-11(19)15-4-5-18(10)12(17)20/h4-8H2,1-3H3,(H,15,19). The van der Waals surface area contributed by atoms with Gasteiger partial charge in [0.05, 0.1) is 12.2 Å². The largest absolute Gasteiger partial charge is 0.444 e. The fraction of sp³-hybridized carbons (Fsp3) is 0.643. The van der Waals surface area contributed by atoms with Gasteiger partial charge in [0.25, 0.3) is 5.91 Å². The number of carbonyl (C=O) groups is 2. The molecule has 0 aliphatic carbocycles. The minimum absolute atomic E-state index is 0.177. The predicted molar refractivity (Wildman–Crippen MR) is 77.7 cm³/mol. The molecule has 1 N–H and O–H groups in total. The molecule has 3 heterocycles. The summed E-state index contributed by atoms with van der Waals surface area (Å²) >= 11 is 0. The van der Waals surface area contributed by atoms with Crippen LogP contribution in [0.4, 0.5) is 4.79 Å². The van der Waals surface area contributed by atoms with Crippen LogP contribution in [0.3, 0.4) is 0 Å². The molecule has 0 unspecified atom stereocenters. The number of aromatic nitrogens is 2. The van der Waals surface area contributed by atoms with E-state index in [0.717, 1.165) is 0 Å². The molecule has 3 rings (SSSR count). The van der Waals surface area contributed by atoms with Gasteiger partial charge >= 0.3 is 11.8 Å². The van der Waals surface area contributed by atoms with Crippen molar-refractivity contribution < 1.29 is 14.3 Å². The lowest BCUT2D eigenvalue weighted by atomic mass is 10.2. The van der Waals surface area contributed by atoms with Crippen molar-refractivity contribution in [1.29, 1.82) is 0 Å². The molecule has 0 bridgehead atoms. The van der Waals surface area contributed by atoms with Crippen molar-refractivity contribution in [3.63, 3.8) is 0 Å². The fourth-order valence-electron chi connectivity index (χ4n) is 2.82. The van der Waals surface area contributed by atoms with Crippen molar-refractivity contribution in [3.8, 4) is 0 Å². The molecule has 1 aromatic heterocycles. The van der Waals surface area contributed by atoms with Crippen LogP contribution in [0.15, 0.2) is 4.79 Å². The number of carbonyl (C=O) groups excluding carboxylic acids is 2. The van der Waals surface area contributed by atoms with E-state index >= 15 is 0 Å². The molecule has 2 aliphatic rings. The van der Waals surface area contributed by atoms with Gasteiger partial charge in [-0.05, 0) is 20.8 Å². The van der Waals surface area contributed by atoms with Crippen LogP contribution in [0.2, 0.25) is 0 Å². The summed E-state index contributed by atoms with van der Waals surface area (Å²) in [5.74, 6) is -0.261. The fourth-order valence-corrected chi connectivity index (χ4v) is 2.82. The van der Waals surface area contributed by atoms with Crippen molar-refractivity contribution in [1.82, 2.24) is 19.4 Å². The Morgan fingerprint density at radius 3 is 2.55 bits per heavy atom. The molecule has 1 aromatic rings. The summed E-state index contributed by atoms with van der Waals surface area (Å²) < 4.78 is 8.44. The number of imidazole rings is 1. The topological polar surface area (TPSA) is 85.6 Å². The van der Waals surface area contributed by atoms with E-state index in [4.69, 9.17) is 4.74 Å². The summed E-state index contributed by atoms with van der Waals surface area (Å²) in [4.78, 5) is 38.1. The molecular weight excluding hydrogens is 288 g/mol. The minimum Gasteiger partial charge on any atom is -0.444 e. The highest BCUT2D eigenvalue weighted by atomic mass is 16.6. The van der Waals surface area contributed by atoms with Gasteiger partial charge < -0.3 is 15.0 Å². The van der Waals surface area contributed by atoms with Gasteiger partial charge in [-0.1, -0.05) is 0 Å². The Balaban J connectivity index is 1.92. The number of rotatable bonds is 0. The molecular formula is C14H20N4O4. The average Bonchev–Trinajstić information content (AvgIpc) is 2.71. The first-order chi connectivity index (χ1) is 10.3. The highest BCUT2D eigenvalue weighted by molar-refractivity contribution is 5.94. The normalized spacial score (nSPS) is 17.6. The van der Waals surface area contributed by atoms with E-state index in [1.165, 1.54) is 9.47 Å². The smallest absolute Gasteiger partial charge is 0.410 e. The molecule has 2 aliphatic heterocycles. The van der Waals surface area contributed by atoms with Gasteiger partial charge in [0.1, 0.15) is 11.3 Å². The van der Waals surface area contributed by atoms with Crippen molar-refractivity contribution in [2.45, 2.75) is 46.0 Å². The number of amides is 2. The second kappa shape index (κ2) is 4.89. The predicted octanol–water partition coefficient (Wildman–Crippen LogP) is 0.144. The van der Waals surface area contributed by atoms with Crippen LogP contribution in [0.25, 0.3) is 0 Å². The quantitative estimate of drug-likeness (QED) is 0.739. The van der Waals surface area contributed by atoms with E-state index in [0.29, 0.717) is 37.6 Å². The first-order valence-corrected chi connectivity index (χ1v) is 7.36. The lowest BCUT2D eigenvalue weighted by Gasteiger charge is -2.30. The third kappa shape index (κ3) is 2.38. The van der Waals surface area contributed by atoms with Crippen LogP contribution in [0.1, 0.15) is 37.0 Å². The number of nitrogens with one attached hydrogen (secondary N) is 1. The summed E-state index contributed by atoms with van der Waals surface area (Å²) in [6, 6.07) is 0. The molecule has 22 heavy (non-hydrogen) atoms. The molecule has 0 atom stereocenters. The number of ether oxygens (including phenoxy) is 1. The Morgan fingerprint density at radius 1 is 1.14 bits per heavy atom. The van der Waals surface area contributed by atoms with Crippen LogP contribution in [-0.2, 0) is 24.4 Å². The molecule has 0 aromatic carbocycles. The van der Waals surface area contributed by atoms with Crippen molar-refractivity contribution >= 4 is 12.0 Å². The maximum absolute atomic E-state index is 12.3. The SMILES string of the molecule is CC(C)(C)OC(=O)N1CCn2c(c3n(c2=O)CCNC3=O)C1. The van der Waals surface area contributed by atoms with Gasteiger partial charge in [0.2, 0.25) is 0 Å². The van der Waals surface area contributed by atoms with E-state index < -0.39 is 11.7 Å². The van der Waals surface area contributed by atoms with Gasteiger partial charge in [-0.2, -0.15) is 0 Å². The van der Waals surface area contributed by atoms with Gasteiger partial charge in [-0.3, -0.25) is 13.9 Å². The van der Waals surface area contributed by atoms with Gasteiger partial charge in [-0.15, -0.1) is 0 Å². The zero-order chi connectivity index (χ0) is 16.1. The molecule has 8 nitrogen and oxygen atoms in total. The van der Waals surface area contributed by atoms with E-state index in [1.54, 1.807) is 25.3 Å². The molecule has 0 spiro atoms. The number of nitrogens with zero attached hydrogens (tertiary/aromatic N) is 3. The van der Waals surface area contributed by atoms with E-state index in [-0.39, 0.29) is 18.1 Å². The summed E-state index contributed by atoms with van der Waals surface area (Å²) in [6.07, 6.45) is -0.428. The first kappa shape index (κ1) is 14.7. The molecule has 2 amide bonds. The van der Waals surface area contributed by atoms with Gasteiger partial charge in [0, 0.05) is 26.2 Å². The first-order valence-electron chi connectivity index (χ1n) is 7.36. The zero-order valence-electron chi connectivity index (χ0n) is 13.0. The number of fused-ring (bicyclic) bond motifs is 3. The van der Waals surface area contributed by atoms with Crippen molar-refractivity contribution in [2.24, 2.45) is 0 Å². The van der Waals surface area contributed by atoms with E-state index in [1.807, 2.05) is 0 Å². The van der Waals surface area contributed by atoms with E-state index in [2.05, 4.69) is 5.32 Å². The number of hydrogen-bond donors (Lipinski definition) is 1. The Bertz CT molecular complexity index is 695. The van der Waals surface area contributed by atoms with Gasteiger partial charge in [0.15, 0.2) is 0 Å². The summed E-state index contributed by atoms with van der Waals surface area (Å²) in [7, 11) is 0. The molecule has 0 fully saturated rings. The molecule has 120 valence electrons. The Hall–Kier alpha value is -2.25. The Kier molecular flexibility index (Phi) is 3.26. The Morgan fingerprint density at radius 2 is 1.86 bits per heavy atom. The monoisotopic (exact) mass is 308 g/mol. The van der Waals surface area contributed by atoms with Crippen LogP contribution in [0.5, 0.6) is 0 Å². The highest BCUT2D eigenvalue weighted by Crippen LogP contribution is 2.20. The Labute approximate surface area is 127 Å². The number of hydrogen-bond acceptors (Lipinski definition) is 4. The second-order valence-electron chi connectivity index (χ2n) is 6.54.